The number of carbonyl (C=O) groups is 1. The molecular weight excluding hydrogens is 272 g/mol. The van der Waals surface area contributed by atoms with Crippen LogP contribution in [0, 0.1) is 11.8 Å². The zero-order valence-corrected chi connectivity index (χ0v) is 12.1. The van der Waals surface area contributed by atoms with Crippen molar-refractivity contribution in [2.75, 3.05) is 19.7 Å². The van der Waals surface area contributed by atoms with Crippen molar-refractivity contribution < 1.29 is 9.53 Å². The highest BCUT2D eigenvalue weighted by Gasteiger charge is 2.38. The largest absolute Gasteiger partial charge is 0.374 e. The van der Waals surface area contributed by atoms with E-state index in [0.717, 1.165) is 29.7 Å². The lowest BCUT2D eigenvalue weighted by Crippen LogP contribution is -2.51. The van der Waals surface area contributed by atoms with Crippen LogP contribution in [-0.2, 0) is 4.74 Å². The van der Waals surface area contributed by atoms with Gasteiger partial charge in [0.15, 0.2) is 0 Å². The summed E-state index contributed by atoms with van der Waals surface area (Å²) in [4.78, 5) is 15.5. The Kier molecular flexibility index (Phi) is 4.06. The molecule has 1 saturated carbocycles. The second-order valence-corrected chi connectivity index (χ2v) is 6.02. The van der Waals surface area contributed by atoms with Crippen LogP contribution in [0.1, 0.15) is 34.5 Å². The number of fused-ring (bicyclic) bond motifs is 1. The number of nitrogens with two attached hydrogens (primary N) is 1. The van der Waals surface area contributed by atoms with Crippen LogP contribution >= 0.6 is 11.3 Å². The molecule has 0 bridgehead atoms. The maximum absolute atomic E-state index is 12.6. The van der Waals surface area contributed by atoms with E-state index in [4.69, 9.17) is 10.5 Å². The summed E-state index contributed by atoms with van der Waals surface area (Å²) in [7, 11) is 0. The minimum absolute atomic E-state index is 0.113. The van der Waals surface area contributed by atoms with Crippen LogP contribution in [0.15, 0.2) is 11.4 Å². The molecule has 2 N–H and O–H groups in total. The fraction of sp³-hybridized carbons (Fsp3) is 0.533. The predicted molar refractivity (Wildman–Crippen MR) is 78.7 cm³/mol. The van der Waals surface area contributed by atoms with E-state index >= 15 is 0 Å². The molecule has 3 rings (SSSR count). The number of amides is 1. The van der Waals surface area contributed by atoms with Crippen LogP contribution in [-0.4, -0.2) is 42.6 Å². The fourth-order valence-electron chi connectivity index (χ4n) is 3.00. The molecule has 106 valence electrons. The lowest BCUT2D eigenvalue weighted by Gasteiger charge is -2.37. The molecule has 0 radical (unpaired) electrons. The molecule has 1 aromatic rings. The molecule has 1 aromatic heterocycles. The Bertz CT molecular complexity index is 558. The molecule has 5 heteroatoms. The number of nitrogens with zero attached hydrogens (tertiary/aromatic N) is 1. The monoisotopic (exact) mass is 290 g/mol. The summed E-state index contributed by atoms with van der Waals surface area (Å²) in [5.41, 5.74) is 6.10. The topological polar surface area (TPSA) is 55.6 Å². The molecule has 0 aromatic carbocycles. The molecule has 1 aliphatic carbocycles. The van der Waals surface area contributed by atoms with Crippen LogP contribution in [0.5, 0.6) is 0 Å². The smallest absolute Gasteiger partial charge is 0.255 e. The minimum atomic E-state index is 0.113. The molecule has 2 unspecified atom stereocenters. The third-order valence-corrected chi connectivity index (χ3v) is 4.75. The third kappa shape index (κ3) is 2.59. The Labute approximate surface area is 122 Å². The van der Waals surface area contributed by atoms with Gasteiger partial charge in [-0.2, -0.15) is 0 Å². The van der Waals surface area contributed by atoms with E-state index in [1.165, 1.54) is 11.3 Å². The van der Waals surface area contributed by atoms with Gasteiger partial charge in [0, 0.05) is 11.9 Å². The van der Waals surface area contributed by atoms with E-state index in [0.29, 0.717) is 19.7 Å². The standard InChI is InChI=1S/C15H18N2O2S/c16-6-2-3-12-9-11(10-20-12)15(18)17-7-8-19-14-5-1-4-13(14)17/h9-10,13-14H,1,4-8,16H2. The number of carbonyl (C=O) groups excluding carboxylic acids is 1. The lowest BCUT2D eigenvalue weighted by molar-refractivity contribution is -0.0445. The maximum atomic E-state index is 12.6. The van der Waals surface area contributed by atoms with Gasteiger partial charge >= 0.3 is 0 Å². The first-order valence-electron chi connectivity index (χ1n) is 6.99. The van der Waals surface area contributed by atoms with E-state index < -0.39 is 0 Å². The van der Waals surface area contributed by atoms with Crippen LogP contribution in [0.25, 0.3) is 0 Å². The van der Waals surface area contributed by atoms with E-state index in [2.05, 4.69) is 11.8 Å². The van der Waals surface area contributed by atoms with Crippen molar-refractivity contribution in [1.29, 1.82) is 0 Å². The average Bonchev–Trinajstić information content (AvgIpc) is 3.12. The molecular formula is C15H18N2O2S. The Balaban J connectivity index is 1.76. The second-order valence-electron chi connectivity index (χ2n) is 5.11. The molecule has 2 atom stereocenters. The van der Waals surface area contributed by atoms with Crippen LogP contribution in [0.3, 0.4) is 0 Å². The number of thiophene rings is 1. The normalized spacial score (nSPS) is 24.9. The van der Waals surface area contributed by atoms with E-state index in [9.17, 15) is 4.79 Å². The van der Waals surface area contributed by atoms with Crippen molar-refractivity contribution in [3.63, 3.8) is 0 Å². The van der Waals surface area contributed by atoms with Gasteiger partial charge in [-0.05, 0) is 25.3 Å². The van der Waals surface area contributed by atoms with E-state index in [1.54, 1.807) is 0 Å². The van der Waals surface area contributed by atoms with Crippen molar-refractivity contribution in [2.24, 2.45) is 5.73 Å². The first-order valence-corrected chi connectivity index (χ1v) is 7.87. The molecule has 4 nitrogen and oxygen atoms in total. The summed E-state index contributed by atoms with van der Waals surface area (Å²) in [5.74, 6) is 5.91. The number of morpholine rings is 1. The average molecular weight is 290 g/mol. The fourth-order valence-corrected chi connectivity index (χ4v) is 3.74. The summed E-state index contributed by atoms with van der Waals surface area (Å²) in [6.45, 7) is 1.69. The van der Waals surface area contributed by atoms with Crippen LogP contribution in [0.2, 0.25) is 0 Å². The lowest BCUT2D eigenvalue weighted by atomic mass is 10.1. The predicted octanol–water partition coefficient (Wildman–Crippen LogP) is 1.45. The molecule has 1 aliphatic heterocycles. The molecule has 1 saturated heterocycles. The van der Waals surface area contributed by atoms with E-state index in [1.807, 2.05) is 16.3 Å². The number of ether oxygens (including phenoxy) is 1. The molecule has 2 heterocycles. The summed E-state index contributed by atoms with van der Waals surface area (Å²) in [6, 6.07) is 2.13. The Hall–Kier alpha value is -1.35. The highest BCUT2D eigenvalue weighted by atomic mass is 32.1. The summed E-state index contributed by atoms with van der Waals surface area (Å²) >= 11 is 1.50. The van der Waals surface area contributed by atoms with E-state index in [-0.39, 0.29) is 18.1 Å². The SMILES string of the molecule is NCC#Cc1cc(C(=O)N2CCOC3CCCC32)cs1. The Morgan fingerprint density at radius 3 is 3.30 bits per heavy atom. The van der Waals surface area contributed by atoms with Crippen LogP contribution in [0.4, 0.5) is 0 Å². The van der Waals surface area contributed by atoms with Crippen molar-refractivity contribution in [3.05, 3.63) is 21.9 Å². The van der Waals surface area contributed by atoms with Gasteiger partial charge in [0.05, 0.1) is 35.7 Å². The number of rotatable bonds is 1. The van der Waals surface area contributed by atoms with Crippen molar-refractivity contribution in [1.82, 2.24) is 4.90 Å². The quantitative estimate of drug-likeness (QED) is 0.797. The van der Waals surface area contributed by atoms with Gasteiger partial charge in [-0.25, -0.2) is 0 Å². The maximum Gasteiger partial charge on any atom is 0.255 e. The first-order chi connectivity index (χ1) is 9.79. The number of hydrogen-bond acceptors (Lipinski definition) is 4. The van der Waals surface area contributed by atoms with Gasteiger partial charge in [0.1, 0.15) is 0 Å². The van der Waals surface area contributed by atoms with Gasteiger partial charge < -0.3 is 15.4 Å². The highest BCUT2D eigenvalue weighted by Crippen LogP contribution is 2.31. The van der Waals surface area contributed by atoms with Crippen LogP contribution < -0.4 is 5.73 Å². The Morgan fingerprint density at radius 1 is 1.55 bits per heavy atom. The van der Waals surface area contributed by atoms with Gasteiger partial charge in [-0.3, -0.25) is 4.79 Å². The summed E-state index contributed by atoms with van der Waals surface area (Å²) in [5, 5.41) is 1.89. The summed E-state index contributed by atoms with van der Waals surface area (Å²) in [6.07, 6.45) is 3.52. The van der Waals surface area contributed by atoms with Crippen molar-refractivity contribution >= 4 is 17.2 Å². The third-order valence-electron chi connectivity index (χ3n) is 3.90. The Morgan fingerprint density at radius 2 is 2.45 bits per heavy atom. The molecule has 2 fully saturated rings. The molecule has 0 spiro atoms. The molecule has 2 aliphatic rings. The zero-order chi connectivity index (χ0) is 13.9. The van der Waals surface area contributed by atoms with Crippen molar-refractivity contribution in [3.8, 4) is 11.8 Å². The summed E-state index contributed by atoms with van der Waals surface area (Å²) < 4.78 is 5.75. The van der Waals surface area contributed by atoms with Gasteiger partial charge in [0.2, 0.25) is 0 Å². The van der Waals surface area contributed by atoms with Gasteiger partial charge in [0.25, 0.3) is 5.91 Å². The number of hydrogen-bond donors (Lipinski definition) is 1. The zero-order valence-electron chi connectivity index (χ0n) is 11.3. The van der Waals surface area contributed by atoms with Gasteiger partial charge in [-0.1, -0.05) is 11.8 Å². The highest BCUT2D eigenvalue weighted by molar-refractivity contribution is 7.10. The molecule has 20 heavy (non-hydrogen) atoms. The first kappa shape index (κ1) is 13.6. The van der Waals surface area contributed by atoms with Crippen molar-refractivity contribution in [2.45, 2.75) is 31.4 Å². The van der Waals surface area contributed by atoms with Gasteiger partial charge in [-0.15, -0.1) is 11.3 Å². The molecule has 1 amide bonds. The minimum Gasteiger partial charge on any atom is -0.374 e. The second kappa shape index (κ2) is 5.96.